The van der Waals surface area contributed by atoms with Gasteiger partial charge >= 0.3 is 0 Å². The number of morpholine rings is 1. The fourth-order valence-electron chi connectivity index (χ4n) is 2.78. The quantitative estimate of drug-likeness (QED) is 0.586. The van der Waals surface area contributed by atoms with Crippen molar-refractivity contribution in [2.75, 3.05) is 58.9 Å². The summed E-state index contributed by atoms with van der Waals surface area (Å²) in [4.78, 5) is 13.6. The van der Waals surface area contributed by atoms with Crippen molar-refractivity contribution < 1.29 is 27.4 Å². The molecule has 0 atom stereocenters. The second kappa shape index (κ2) is 9.88. The molecule has 0 radical (unpaired) electrons. The van der Waals surface area contributed by atoms with Crippen LogP contribution in [0.5, 0.6) is 11.5 Å². The minimum absolute atomic E-state index is 0.0547. The highest BCUT2D eigenvalue weighted by atomic mass is 32.2. The third-order valence-corrected chi connectivity index (χ3v) is 5.62. The molecule has 1 heterocycles. The summed E-state index contributed by atoms with van der Waals surface area (Å²) < 4.78 is 43.7. The van der Waals surface area contributed by atoms with Gasteiger partial charge in [0, 0.05) is 32.6 Å². The Morgan fingerprint density at radius 3 is 2.44 bits per heavy atom. The van der Waals surface area contributed by atoms with Crippen LogP contribution in [-0.2, 0) is 19.6 Å². The first-order chi connectivity index (χ1) is 12.9. The standard InChI is InChI=1S/C17H27N3O6S/c1-13(21)19-14-11-17(16(25-3)12-15(14)24-2)27(22,23)18-5-4-6-20-7-9-26-10-8-20/h11-12,18H,4-10H2,1-3H3,(H,19,21). The van der Waals surface area contributed by atoms with E-state index in [9.17, 15) is 13.2 Å². The van der Waals surface area contributed by atoms with Gasteiger partial charge in [0.2, 0.25) is 15.9 Å². The van der Waals surface area contributed by atoms with E-state index in [0.29, 0.717) is 31.9 Å². The predicted octanol–water partition coefficient (Wildman–Crippen LogP) is 0.663. The minimum atomic E-state index is -3.81. The molecular formula is C17H27N3O6S. The molecule has 0 bridgehead atoms. The highest BCUT2D eigenvalue weighted by Gasteiger charge is 2.23. The van der Waals surface area contributed by atoms with Crippen molar-refractivity contribution >= 4 is 21.6 Å². The molecule has 27 heavy (non-hydrogen) atoms. The Hall–Kier alpha value is -1.88. The van der Waals surface area contributed by atoms with E-state index in [1.54, 1.807) is 0 Å². The normalized spacial score (nSPS) is 15.4. The van der Waals surface area contributed by atoms with Gasteiger partial charge in [0.1, 0.15) is 16.4 Å². The molecule has 1 aromatic rings. The van der Waals surface area contributed by atoms with Gasteiger partial charge in [0.05, 0.1) is 33.1 Å². The highest BCUT2D eigenvalue weighted by molar-refractivity contribution is 7.89. The zero-order valence-electron chi connectivity index (χ0n) is 15.9. The van der Waals surface area contributed by atoms with Crippen LogP contribution in [0.25, 0.3) is 0 Å². The Bertz CT molecular complexity index is 747. The summed E-state index contributed by atoms with van der Waals surface area (Å²) in [6, 6.07) is 2.77. The lowest BCUT2D eigenvalue weighted by atomic mass is 10.2. The van der Waals surface area contributed by atoms with Crippen LogP contribution in [0.15, 0.2) is 17.0 Å². The summed E-state index contributed by atoms with van der Waals surface area (Å²) in [5, 5.41) is 2.57. The Kier molecular flexibility index (Phi) is 7.84. The number of hydrogen-bond acceptors (Lipinski definition) is 7. The summed E-state index contributed by atoms with van der Waals surface area (Å²) in [5.41, 5.74) is 0.263. The fourth-order valence-corrected chi connectivity index (χ4v) is 4.03. The molecule has 10 heteroatoms. The van der Waals surface area contributed by atoms with Crippen LogP contribution in [0, 0.1) is 0 Å². The van der Waals surface area contributed by atoms with E-state index in [2.05, 4.69) is 14.9 Å². The van der Waals surface area contributed by atoms with Crippen molar-refractivity contribution in [1.82, 2.24) is 9.62 Å². The second-order valence-corrected chi connectivity index (χ2v) is 7.83. The number of carbonyl (C=O) groups is 1. The van der Waals surface area contributed by atoms with Crippen LogP contribution >= 0.6 is 0 Å². The van der Waals surface area contributed by atoms with E-state index >= 15 is 0 Å². The molecule has 0 unspecified atom stereocenters. The largest absolute Gasteiger partial charge is 0.495 e. The van der Waals surface area contributed by atoms with E-state index in [0.717, 1.165) is 19.6 Å². The lowest BCUT2D eigenvalue weighted by Crippen LogP contribution is -2.38. The summed E-state index contributed by atoms with van der Waals surface area (Å²) in [7, 11) is -1.01. The number of nitrogens with one attached hydrogen (secondary N) is 2. The molecule has 1 aromatic carbocycles. The Labute approximate surface area is 160 Å². The molecule has 0 saturated carbocycles. The SMILES string of the molecule is COc1cc(OC)c(S(=O)(=O)NCCCN2CCOCC2)cc1NC(C)=O. The van der Waals surface area contributed by atoms with E-state index in [4.69, 9.17) is 14.2 Å². The number of ether oxygens (including phenoxy) is 3. The highest BCUT2D eigenvalue weighted by Crippen LogP contribution is 2.35. The number of carbonyl (C=O) groups excluding carboxylic acids is 1. The molecule has 152 valence electrons. The maximum atomic E-state index is 12.7. The summed E-state index contributed by atoms with van der Waals surface area (Å²) in [6.07, 6.45) is 0.677. The number of hydrogen-bond donors (Lipinski definition) is 2. The van der Waals surface area contributed by atoms with Gasteiger partial charge in [0.15, 0.2) is 0 Å². The average Bonchev–Trinajstić information content (AvgIpc) is 2.65. The van der Waals surface area contributed by atoms with Gasteiger partial charge in [-0.2, -0.15) is 0 Å². The molecule has 1 amide bonds. The molecule has 1 aliphatic rings. The zero-order valence-corrected chi connectivity index (χ0v) is 16.7. The van der Waals surface area contributed by atoms with Crippen molar-refractivity contribution in [3.05, 3.63) is 12.1 Å². The lowest BCUT2D eigenvalue weighted by Gasteiger charge is -2.26. The van der Waals surface area contributed by atoms with Gasteiger partial charge in [-0.3, -0.25) is 9.69 Å². The molecule has 9 nitrogen and oxygen atoms in total. The summed E-state index contributed by atoms with van der Waals surface area (Å²) >= 11 is 0. The predicted molar refractivity (Wildman–Crippen MR) is 101 cm³/mol. The van der Waals surface area contributed by atoms with Crippen molar-refractivity contribution in [2.45, 2.75) is 18.2 Å². The Morgan fingerprint density at radius 1 is 1.19 bits per heavy atom. The van der Waals surface area contributed by atoms with Gasteiger partial charge in [-0.05, 0) is 19.0 Å². The van der Waals surface area contributed by atoms with Crippen LogP contribution in [0.2, 0.25) is 0 Å². The van der Waals surface area contributed by atoms with Crippen LogP contribution in [0.4, 0.5) is 5.69 Å². The molecule has 0 aliphatic carbocycles. The van der Waals surface area contributed by atoms with Gasteiger partial charge in [-0.1, -0.05) is 0 Å². The van der Waals surface area contributed by atoms with Crippen molar-refractivity contribution in [2.24, 2.45) is 0 Å². The monoisotopic (exact) mass is 401 g/mol. The van der Waals surface area contributed by atoms with Gasteiger partial charge in [0.25, 0.3) is 0 Å². The maximum absolute atomic E-state index is 12.7. The second-order valence-electron chi connectivity index (χ2n) is 6.09. The van der Waals surface area contributed by atoms with Gasteiger partial charge in [-0.15, -0.1) is 0 Å². The number of methoxy groups -OCH3 is 2. The lowest BCUT2D eigenvalue weighted by molar-refractivity contribution is -0.114. The third kappa shape index (κ3) is 6.06. The van der Waals surface area contributed by atoms with Crippen molar-refractivity contribution in [1.29, 1.82) is 0 Å². The number of sulfonamides is 1. The topological polar surface area (TPSA) is 106 Å². The van der Waals surface area contributed by atoms with Crippen molar-refractivity contribution in [3.8, 4) is 11.5 Å². The maximum Gasteiger partial charge on any atom is 0.244 e. The molecule has 1 fully saturated rings. The first-order valence-electron chi connectivity index (χ1n) is 8.70. The number of anilines is 1. The number of rotatable bonds is 9. The van der Waals surface area contributed by atoms with Gasteiger partial charge < -0.3 is 19.5 Å². The van der Waals surface area contributed by atoms with Crippen molar-refractivity contribution in [3.63, 3.8) is 0 Å². The summed E-state index contributed by atoms with van der Waals surface area (Å²) in [6.45, 7) is 5.56. The molecule has 2 rings (SSSR count). The smallest absolute Gasteiger partial charge is 0.244 e. The third-order valence-electron chi connectivity index (χ3n) is 4.13. The number of nitrogens with zero attached hydrogens (tertiary/aromatic N) is 1. The molecule has 1 aliphatic heterocycles. The zero-order chi connectivity index (χ0) is 19.9. The Morgan fingerprint density at radius 2 is 1.85 bits per heavy atom. The van der Waals surface area contributed by atoms with Gasteiger partial charge in [-0.25, -0.2) is 13.1 Å². The first kappa shape index (κ1) is 21.4. The van der Waals surface area contributed by atoms with E-state index < -0.39 is 10.0 Å². The summed E-state index contributed by atoms with van der Waals surface area (Å²) in [5.74, 6) is 0.121. The molecule has 2 N–H and O–H groups in total. The Balaban J connectivity index is 2.09. The van der Waals surface area contributed by atoms with Crippen LogP contribution < -0.4 is 19.5 Å². The molecule has 0 aromatic heterocycles. The molecule has 0 spiro atoms. The van der Waals surface area contributed by atoms with Crippen LogP contribution in [0.1, 0.15) is 13.3 Å². The first-order valence-corrected chi connectivity index (χ1v) is 10.2. The van der Waals surface area contributed by atoms with E-state index in [1.807, 2.05) is 0 Å². The minimum Gasteiger partial charge on any atom is -0.495 e. The van der Waals surface area contributed by atoms with E-state index in [1.165, 1.54) is 33.3 Å². The fraction of sp³-hybridized carbons (Fsp3) is 0.588. The number of amides is 1. The van der Waals surface area contributed by atoms with E-state index in [-0.39, 0.29) is 22.2 Å². The number of benzene rings is 1. The molecule has 1 saturated heterocycles. The van der Waals surface area contributed by atoms with Crippen LogP contribution in [-0.4, -0.2) is 72.8 Å². The molecular weight excluding hydrogens is 374 g/mol. The van der Waals surface area contributed by atoms with Crippen LogP contribution in [0.3, 0.4) is 0 Å². The average molecular weight is 401 g/mol.